The van der Waals surface area contributed by atoms with E-state index in [0.717, 1.165) is 26.1 Å². The minimum absolute atomic E-state index is 0.915. The third-order valence-corrected chi connectivity index (χ3v) is 2.68. The highest BCUT2D eigenvalue weighted by molar-refractivity contribution is 5.80. The van der Waals surface area contributed by atoms with E-state index in [1.165, 1.54) is 16.6 Å². The Kier molecular flexibility index (Phi) is 3.97. The molecule has 0 radical (unpaired) electrons. The first-order chi connectivity index (χ1) is 7.90. The second-order valence-electron chi connectivity index (χ2n) is 4.02. The number of hydrogen-bond donors (Lipinski definition) is 3. The van der Waals surface area contributed by atoms with Crippen LogP contribution >= 0.6 is 0 Å². The molecule has 0 fully saturated rings. The van der Waals surface area contributed by atoms with Crippen molar-refractivity contribution in [1.29, 1.82) is 0 Å². The molecule has 0 aliphatic heterocycles. The Balaban J connectivity index is 1.85. The molecule has 2 aromatic rings. The molecule has 0 saturated carbocycles. The predicted octanol–water partition coefficient (Wildman–Crippen LogP) is 1.87. The van der Waals surface area contributed by atoms with Gasteiger partial charge in [-0.1, -0.05) is 18.2 Å². The molecular formula is C13H19N3. The Labute approximate surface area is 96.2 Å². The molecule has 0 aliphatic carbocycles. The van der Waals surface area contributed by atoms with Gasteiger partial charge in [-0.3, -0.25) is 0 Å². The zero-order chi connectivity index (χ0) is 11.2. The van der Waals surface area contributed by atoms with Gasteiger partial charge in [0.05, 0.1) is 0 Å². The number of fused-ring (bicyclic) bond motifs is 1. The van der Waals surface area contributed by atoms with Crippen LogP contribution in [0.4, 0.5) is 0 Å². The lowest BCUT2D eigenvalue weighted by Gasteiger charge is -2.02. The number of hydrogen-bond acceptors (Lipinski definition) is 2. The fraction of sp³-hybridized carbons (Fsp3) is 0.385. The average molecular weight is 217 g/mol. The second-order valence-corrected chi connectivity index (χ2v) is 4.02. The molecule has 16 heavy (non-hydrogen) atoms. The Morgan fingerprint density at radius 2 is 2.06 bits per heavy atom. The van der Waals surface area contributed by atoms with Gasteiger partial charge in [-0.25, -0.2) is 0 Å². The van der Waals surface area contributed by atoms with Gasteiger partial charge in [-0.2, -0.15) is 0 Å². The standard InChI is InChI=1S/C13H19N3/c1-14-7-4-8-15-10-12-9-11-5-2-3-6-13(11)16-12/h2-3,5-6,9,14-16H,4,7-8,10H2,1H3. The van der Waals surface area contributed by atoms with Crippen molar-refractivity contribution in [3.63, 3.8) is 0 Å². The maximum Gasteiger partial charge on any atom is 0.0456 e. The molecule has 0 spiro atoms. The van der Waals surface area contributed by atoms with Crippen LogP contribution in [-0.4, -0.2) is 25.1 Å². The molecule has 3 N–H and O–H groups in total. The monoisotopic (exact) mass is 217 g/mol. The molecular weight excluding hydrogens is 198 g/mol. The molecule has 1 heterocycles. The molecule has 0 aliphatic rings. The van der Waals surface area contributed by atoms with Gasteiger partial charge in [0.1, 0.15) is 0 Å². The van der Waals surface area contributed by atoms with Gasteiger partial charge in [-0.15, -0.1) is 0 Å². The summed E-state index contributed by atoms with van der Waals surface area (Å²) in [7, 11) is 1.98. The van der Waals surface area contributed by atoms with Crippen molar-refractivity contribution in [2.24, 2.45) is 0 Å². The fourth-order valence-electron chi connectivity index (χ4n) is 1.84. The first-order valence-electron chi connectivity index (χ1n) is 5.82. The lowest BCUT2D eigenvalue weighted by molar-refractivity contribution is 0.621. The third-order valence-electron chi connectivity index (χ3n) is 2.68. The zero-order valence-corrected chi connectivity index (χ0v) is 9.72. The smallest absolute Gasteiger partial charge is 0.0456 e. The van der Waals surface area contributed by atoms with Gasteiger partial charge in [0.15, 0.2) is 0 Å². The zero-order valence-electron chi connectivity index (χ0n) is 9.72. The first-order valence-corrected chi connectivity index (χ1v) is 5.82. The summed E-state index contributed by atoms with van der Waals surface area (Å²) in [6.45, 7) is 3.04. The molecule has 0 amide bonds. The van der Waals surface area contributed by atoms with E-state index < -0.39 is 0 Å². The minimum Gasteiger partial charge on any atom is -0.357 e. The van der Waals surface area contributed by atoms with Gasteiger partial charge in [0, 0.05) is 17.8 Å². The van der Waals surface area contributed by atoms with E-state index in [-0.39, 0.29) is 0 Å². The number of H-pyrrole nitrogens is 1. The highest BCUT2D eigenvalue weighted by Crippen LogP contribution is 2.14. The minimum atomic E-state index is 0.915. The number of para-hydroxylation sites is 1. The maximum absolute atomic E-state index is 3.43. The molecule has 1 aromatic heterocycles. The third kappa shape index (κ3) is 2.84. The Bertz CT molecular complexity index is 400. The van der Waals surface area contributed by atoms with E-state index in [0.29, 0.717) is 0 Å². The summed E-state index contributed by atoms with van der Waals surface area (Å²) in [4.78, 5) is 3.41. The maximum atomic E-state index is 3.43. The summed E-state index contributed by atoms with van der Waals surface area (Å²) in [5.41, 5.74) is 2.47. The highest BCUT2D eigenvalue weighted by Gasteiger charge is 1.98. The fourth-order valence-corrected chi connectivity index (χ4v) is 1.84. The van der Waals surface area contributed by atoms with Gasteiger partial charge in [-0.05, 0) is 44.1 Å². The lowest BCUT2D eigenvalue weighted by atomic mass is 10.2. The van der Waals surface area contributed by atoms with Crippen LogP contribution in [0.1, 0.15) is 12.1 Å². The molecule has 0 saturated heterocycles. The van der Waals surface area contributed by atoms with Crippen molar-refractivity contribution >= 4 is 10.9 Å². The summed E-state index contributed by atoms with van der Waals surface area (Å²) >= 11 is 0. The van der Waals surface area contributed by atoms with Crippen LogP contribution < -0.4 is 10.6 Å². The predicted molar refractivity (Wildman–Crippen MR) is 68.5 cm³/mol. The SMILES string of the molecule is CNCCCNCc1cc2ccccc2[nH]1. The van der Waals surface area contributed by atoms with Gasteiger partial charge < -0.3 is 15.6 Å². The van der Waals surface area contributed by atoms with Gasteiger partial charge in [0.25, 0.3) is 0 Å². The second kappa shape index (κ2) is 5.68. The number of benzene rings is 1. The number of aromatic amines is 1. The highest BCUT2D eigenvalue weighted by atomic mass is 14.9. The molecule has 86 valence electrons. The van der Waals surface area contributed by atoms with Crippen LogP contribution in [0.25, 0.3) is 10.9 Å². The van der Waals surface area contributed by atoms with Crippen molar-refractivity contribution in [2.75, 3.05) is 20.1 Å². The van der Waals surface area contributed by atoms with Crippen molar-refractivity contribution in [1.82, 2.24) is 15.6 Å². The average Bonchev–Trinajstić information content (AvgIpc) is 2.71. The van der Waals surface area contributed by atoms with Crippen molar-refractivity contribution in [3.05, 3.63) is 36.0 Å². The summed E-state index contributed by atoms with van der Waals surface area (Å²) in [6, 6.07) is 10.6. The van der Waals surface area contributed by atoms with Crippen LogP contribution in [0.5, 0.6) is 0 Å². The van der Waals surface area contributed by atoms with E-state index in [2.05, 4.69) is 45.9 Å². The van der Waals surface area contributed by atoms with E-state index >= 15 is 0 Å². The van der Waals surface area contributed by atoms with Crippen LogP contribution in [0.3, 0.4) is 0 Å². The first kappa shape index (κ1) is 11.2. The van der Waals surface area contributed by atoms with E-state index in [1.54, 1.807) is 0 Å². The molecule has 0 unspecified atom stereocenters. The number of aromatic nitrogens is 1. The number of rotatable bonds is 6. The molecule has 3 heteroatoms. The Hall–Kier alpha value is -1.32. The van der Waals surface area contributed by atoms with E-state index in [9.17, 15) is 0 Å². The van der Waals surface area contributed by atoms with Gasteiger partial charge >= 0.3 is 0 Å². The van der Waals surface area contributed by atoms with Crippen molar-refractivity contribution in [3.8, 4) is 0 Å². The molecule has 3 nitrogen and oxygen atoms in total. The summed E-state index contributed by atoms with van der Waals surface area (Å²) in [5, 5.41) is 7.85. The van der Waals surface area contributed by atoms with Crippen LogP contribution in [0, 0.1) is 0 Å². The summed E-state index contributed by atoms with van der Waals surface area (Å²) in [5.74, 6) is 0. The molecule has 2 rings (SSSR count). The normalized spacial score (nSPS) is 11.1. The molecule has 1 aromatic carbocycles. The topological polar surface area (TPSA) is 39.8 Å². The summed E-state index contributed by atoms with van der Waals surface area (Å²) < 4.78 is 0. The van der Waals surface area contributed by atoms with Crippen molar-refractivity contribution in [2.45, 2.75) is 13.0 Å². The Morgan fingerprint density at radius 3 is 2.88 bits per heavy atom. The lowest BCUT2D eigenvalue weighted by Crippen LogP contribution is -2.19. The van der Waals surface area contributed by atoms with Crippen molar-refractivity contribution < 1.29 is 0 Å². The molecule has 0 bridgehead atoms. The molecule has 0 atom stereocenters. The van der Waals surface area contributed by atoms with E-state index in [4.69, 9.17) is 0 Å². The largest absolute Gasteiger partial charge is 0.357 e. The van der Waals surface area contributed by atoms with Crippen LogP contribution in [-0.2, 0) is 6.54 Å². The quantitative estimate of drug-likeness (QED) is 0.646. The summed E-state index contributed by atoms with van der Waals surface area (Å²) in [6.07, 6.45) is 1.16. The van der Waals surface area contributed by atoms with Crippen LogP contribution in [0.15, 0.2) is 30.3 Å². The van der Waals surface area contributed by atoms with Gasteiger partial charge in [0.2, 0.25) is 0 Å². The number of nitrogens with one attached hydrogen (secondary N) is 3. The Morgan fingerprint density at radius 1 is 1.19 bits per heavy atom. The van der Waals surface area contributed by atoms with Crippen LogP contribution in [0.2, 0.25) is 0 Å². The van der Waals surface area contributed by atoms with E-state index in [1.807, 2.05) is 7.05 Å².